The number of nitrogens with zero attached hydrogens (tertiary/aromatic N) is 3. The van der Waals surface area contributed by atoms with Crippen molar-refractivity contribution in [1.82, 2.24) is 14.7 Å². The first kappa shape index (κ1) is 23.5. The quantitative estimate of drug-likeness (QED) is 0.653. The zero-order chi connectivity index (χ0) is 23.6. The third-order valence-corrected chi connectivity index (χ3v) is 5.10. The number of aromatic nitrogens is 2. The van der Waals surface area contributed by atoms with E-state index in [2.05, 4.69) is 10.4 Å². The Kier molecular flexibility index (Phi) is 6.68. The summed E-state index contributed by atoms with van der Waals surface area (Å²) in [5.74, 6) is -0.763. The lowest BCUT2D eigenvalue weighted by Gasteiger charge is -2.28. The van der Waals surface area contributed by atoms with Crippen LogP contribution in [0.2, 0.25) is 0 Å². The van der Waals surface area contributed by atoms with Gasteiger partial charge in [-0.05, 0) is 32.3 Å². The minimum Gasteiger partial charge on any atom is -0.457 e. The average molecular weight is 445 g/mol. The summed E-state index contributed by atoms with van der Waals surface area (Å²) in [6, 6.07) is 5.40. The lowest BCUT2D eigenvalue weighted by molar-refractivity contribution is -0.133. The van der Waals surface area contributed by atoms with E-state index in [9.17, 15) is 19.1 Å². The van der Waals surface area contributed by atoms with E-state index in [-0.39, 0.29) is 41.3 Å². The summed E-state index contributed by atoms with van der Waals surface area (Å²) in [5.41, 5.74) is -1.30. The number of rotatable bonds is 8. The number of carbonyl (C=O) groups excluding carboxylic acids is 2. The number of amides is 2. The van der Waals surface area contributed by atoms with Crippen molar-refractivity contribution in [1.29, 1.82) is 0 Å². The number of aliphatic hydroxyl groups is 1. The van der Waals surface area contributed by atoms with Crippen LogP contribution in [0.3, 0.4) is 0 Å². The molecule has 1 aliphatic rings. The van der Waals surface area contributed by atoms with Gasteiger partial charge >= 0.3 is 0 Å². The van der Waals surface area contributed by atoms with Gasteiger partial charge in [-0.1, -0.05) is 26.0 Å². The molecule has 0 spiro atoms. The molecule has 2 heterocycles. The molecular weight excluding hydrogens is 415 g/mol. The zero-order valence-electron chi connectivity index (χ0n) is 18.9. The fourth-order valence-corrected chi connectivity index (χ4v) is 3.55. The second-order valence-electron chi connectivity index (χ2n) is 8.86. The number of hydrogen-bond acceptors (Lipinski definition) is 5. The second-order valence-corrected chi connectivity index (χ2v) is 8.86. The largest absolute Gasteiger partial charge is 0.457 e. The van der Waals surface area contributed by atoms with E-state index in [4.69, 9.17) is 4.74 Å². The number of nitrogens with one attached hydrogen (secondary N) is 1. The Hall–Kier alpha value is -3.20. The van der Waals surface area contributed by atoms with E-state index >= 15 is 0 Å². The number of ether oxygens (including phenoxy) is 1. The summed E-state index contributed by atoms with van der Waals surface area (Å²) in [4.78, 5) is 27.1. The number of carbonyl (C=O) groups is 2. The van der Waals surface area contributed by atoms with E-state index in [1.54, 1.807) is 30.1 Å². The maximum Gasteiger partial charge on any atom is 0.251 e. The molecule has 9 heteroatoms. The third kappa shape index (κ3) is 5.34. The molecule has 0 radical (unpaired) electrons. The summed E-state index contributed by atoms with van der Waals surface area (Å²) >= 11 is 0. The summed E-state index contributed by atoms with van der Waals surface area (Å²) < 4.78 is 22.1. The summed E-state index contributed by atoms with van der Waals surface area (Å²) in [5, 5.41) is 17.1. The van der Waals surface area contributed by atoms with Gasteiger partial charge in [0.25, 0.3) is 5.91 Å². The molecule has 1 aromatic carbocycles. The van der Waals surface area contributed by atoms with Crippen LogP contribution in [0.5, 0.6) is 5.75 Å². The molecule has 0 unspecified atom stereocenters. The van der Waals surface area contributed by atoms with Crippen LogP contribution in [0.15, 0.2) is 42.3 Å². The first-order valence-electron chi connectivity index (χ1n) is 10.5. The van der Waals surface area contributed by atoms with Gasteiger partial charge in [0.15, 0.2) is 17.4 Å². The molecule has 1 atom stereocenters. The lowest BCUT2D eigenvalue weighted by atomic mass is 9.97. The number of benzene rings is 1. The molecule has 1 aromatic heterocycles. The normalized spacial score (nSPS) is 15.2. The molecule has 2 aromatic rings. The van der Waals surface area contributed by atoms with Crippen molar-refractivity contribution in [2.75, 3.05) is 11.9 Å². The Morgan fingerprint density at radius 2 is 2.06 bits per heavy atom. The van der Waals surface area contributed by atoms with Crippen LogP contribution in [0.25, 0.3) is 0 Å². The highest BCUT2D eigenvalue weighted by atomic mass is 19.1. The minimum atomic E-state index is -1.39. The summed E-state index contributed by atoms with van der Waals surface area (Å²) in [7, 11) is 1.74. The van der Waals surface area contributed by atoms with Crippen molar-refractivity contribution in [2.45, 2.75) is 45.8 Å². The van der Waals surface area contributed by atoms with Crippen LogP contribution in [-0.4, -0.2) is 44.2 Å². The van der Waals surface area contributed by atoms with E-state index < -0.39 is 17.5 Å². The Labute approximate surface area is 186 Å². The molecule has 172 valence electrons. The van der Waals surface area contributed by atoms with Crippen molar-refractivity contribution in [3.05, 3.63) is 53.7 Å². The van der Waals surface area contributed by atoms with E-state index in [1.165, 1.54) is 37.0 Å². The highest BCUT2D eigenvalue weighted by Crippen LogP contribution is 2.31. The second kappa shape index (κ2) is 9.12. The molecule has 3 rings (SSSR count). The molecule has 32 heavy (non-hydrogen) atoms. The highest BCUT2D eigenvalue weighted by molar-refractivity contribution is 5.99. The fourth-order valence-electron chi connectivity index (χ4n) is 3.55. The molecule has 0 fully saturated rings. The van der Waals surface area contributed by atoms with E-state index in [0.717, 1.165) is 0 Å². The van der Waals surface area contributed by atoms with Gasteiger partial charge in [0, 0.05) is 31.0 Å². The molecule has 1 aliphatic heterocycles. The number of halogens is 1. The van der Waals surface area contributed by atoms with Crippen molar-refractivity contribution >= 4 is 17.6 Å². The van der Waals surface area contributed by atoms with Crippen molar-refractivity contribution < 1.29 is 23.8 Å². The molecular formula is C23H29FN4O4. The Bertz CT molecular complexity index is 1040. The van der Waals surface area contributed by atoms with E-state index in [1.807, 2.05) is 13.8 Å². The number of anilines is 1. The molecule has 0 aliphatic carbocycles. The van der Waals surface area contributed by atoms with Gasteiger partial charge in [0.1, 0.15) is 11.8 Å². The highest BCUT2D eigenvalue weighted by Gasteiger charge is 2.35. The maximum atomic E-state index is 14.8. The van der Waals surface area contributed by atoms with Crippen LogP contribution in [0, 0.1) is 11.7 Å². The molecule has 0 saturated heterocycles. The monoisotopic (exact) mass is 444 g/mol. The Balaban J connectivity index is 1.77. The molecule has 0 bridgehead atoms. The van der Waals surface area contributed by atoms with Crippen LogP contribution >= 0.6 is 0 Å². The predicted molar refractivity (Wildman–Crippen MR) is 117 cm³/mol. The molecule has 2 N–H and O–H groups in total. The molecule has 2 amide bonds. The van der Waals surface area contributed by atoms with Crippen LogP contribution < -0.4 is 10.1 Å². The van der Waals surface area contributed by atoms with Gasteiger partial charge in [0.2, 0.25) is 5.91 Å². The van der Waals surface area contributed by atoms with Crippen LogP contribution in [0.1, 0.15) is 39.7 Å². The van der Waals surface area contributed by atoms with Crippen molar-refractivity contribution in [3.8, 4) is 5.75 Å². The van der Waals surface area contributed by atoms with Gasteiger partial charge in [-0.2, -0.15) is 5.10 Å². The van der Waals surface area contributed by atoms with Gasteiger partial charge in [-0.3, -0.25) is 14.3 Å². The van der Waals surface area contributed by atoms with Crippen LogP contribution in [-0.2, 0) is 22.2 Å². The average Bonchev–Trinajstić information content (AvgIpc) is 3.25. The maximum absolute atomic E-state index is 14.8. The predicted octanol–water partition coefficient (Wildman–Crippen LogP) is 2.94. The van der Waals surface area contributed by atoms with Gasteiger partial charge in [-0.15, -0.1) is 0 Å². The lowest BCUT2D eigenvalue weighted by Crippen LogP contribution is -2.46. The van der Waals surface area contributed by atoms with Crippen molar-refractivity contribution in [3.63, 3.8) is 0 Å². The topological polar surface area (TPSA) is 96.7 Å². The summed E-state index contributed by atoms with van der Waals surface area (Å²) in [6.45, 7) is 6.91. The van der Waals surface area contributed by atoms with Crippen LogP contribution in [0.4, 0.5) is 10.2 Å². The summed E-state index contributed by atoms with van der Waals surface area (Å²) in [6.07, 6.45) is 3.41. The van der Waals surface area contributed by atoms with Gasteiger partial charge in [0.05, 0.1) is 12.1 Å². The molecule has 8 nitrogen and oxygen atoms in total. The standard InChI is InChI=1S/C23H29FN4O4/c1-14(2)11-17(22(30)25-19-9-10-27(5)26-19)28-13-15(12-20(28)29)32-18-8-6-7-16(21(18)24)23(3,4)31/h6-10,12,14,17,31H,11,13H2,1-5H3,(H,25,26,30)/t17-/m0/s1. The van der Waals surface area contributed by atoms with Crippen molar-refractivity contribution in [2.24, 2.45) is 13.0 Å². The first-order chi connectivity index (χ1) is 15.0. The minimum absolute atomic E-state index is 0.0258. The fraction of sp³-hybridized carbons (Fsp3) is 0.435. The SMILES string of the molecule is CC(C)C[C@@H](C(=O)Nc1ccn(C)n1)N1CC(Oc2cccc(C(C)(C)O)c2F)=CC1=O. The Morgan fingerprint density at radius 3 is 2.66 bits per heavy atom. The third-order valence-electron chi connectivity index (χ3n) is 5.10. The van der Waals surface area contributed by atoms with E-state index in [0.29, 0.717) is 12.2 Å². The number of aryl methyl sites for hydroxylation is 1. The van der Waals surface area contributed by atoms with Gasteiger partial charge in [-0.25, -0.2) is 4.39 Å². The number of hydrogen-bond donors (Lipinski definition) is 2. The van der Waals surface area contributed by atoms with Gasteiger partial charge < -0.3 is 20.1 Å². The Morgan fingerprint density at radius 1 is 1.34 bits per heavy atom. The smallest absolute Gasteiger partial charge is 0.251 e. The molecule has 0 saturated carbocycles. The first-order valence-corrected chi connectivity index (χ1v) is 10.5. The zero-order valence-corrected chi connectivity index (χ0v) is 18.9.